The van der Waals surface area contributed by atoms with Gasteiger partial charge >= 0.3 is 0 Å². The third-order valence-corrected chi connectivity index (χ3v) is 8.15. The molecule has 2 aliphatic rings. The van der Waals surface area contributed by atoms with Crippen LogP contribution in [-0.2, 0) is 22.0 Å². The molecule has 2 atom stereocenters. The van der Waals surface area contributed by atoms with Gasteiger partial charge in [0.2, 0.25) is 0 Å². The van der Waals surface area contributed by atoms with Crippen molar-refractivity contribution >= 4 is 5.78 Å². The van der Waals surface area contributed by atoms with Crippen molar-refractivity contribution in [3.05, 3.63) is 46.0 Å². The molecule has 0 radical (unpaired) electrons. The number of hydrogen-bond donors (Lipinski definition) is 0. The van der Waals surface area contributed by atoms with Gasteiger partial charge in [-0.1, -0.05) is 92.4 Å². The maximum atomic E-state index is 11.7. The van der Waals surface area contributed by atoms with E-state index in [9.17, 15) is 4.79 Å². The summed E-state index contributed by atoms with van der Waals surface area (Å²) < 4.78 is 0. The molecular weight excluding hydrogens is 388 g/mol. The molecule has 1 aromatic carbocycles. The normalized spacial score (nSPS) is 21.8. The van der Waals surface area contributed by atoms with Gasteiger partial charge in [-0.05, 0) is 96.4 Å². The topological polar surface area (TPSA) is 17.1 Å². The molecular formula is C31H50O. The molecule has 0 saturated heterocycles. The van der Waals surface area contributed by atoms with Crippen molar-refractivity contribution in [2.24, 2.45) is 11.8 Å². The largest absolute Gasteiger partial charge is 0.295 e. The molecule has 0 bridgehead atoms. The molecule has 1 heteroatoms. The lowest BCUT2D eigenvalue weighted by Crippen LogP contribution is -2.34. The van der Waals surface area contributed by atoms with Gasteiger partial charge in [-0.3, -0.25) is 4.79 Å². The number of fused-ring (bicyclic) bond motifs is 1. The highest BCUT2D eigenvalue weighted by Crippen LogP contribution is 2.47. The zero-order chi connectivity index (χ0) is 24.1. The molecule has 0 amide bonds. The number of rotatable bonds is 7. The second kappa shape index (κ2) is 11.2. The summed E-state index contributed by atoms with van der Waals surface area (Å²) in [6, 6.07) is 5.00. The van der Waals surface area contributed by atoms with E-state index in [0.717, 1.165) is 24.8 Å². The lowest BCUT2D eigenvalue weighted by Gasteiger charge is -2.42. The van der Waals surface area contributed by atoms with Gasteiger partial charge < -0.3 is 0 Å². The molecule has 180 valence electrons. The Hall–Kier alpha value is -1.37. The minimum atomic E-state index is 0.258. The van der Waals surface area contributed by atoms with Crippen LogP contribution in [0.1, 0.15) is 129 Å². The summed E-state index contributed by atoms with van der Waals surface area (Å²) in [6.45, 7) is 20.4. The number of carbonyl (C=O) groups excluding carboxylic acids is 1. The third kappa shape index (κ3) is 6.58. The summed E-state index contributed by atoms with van der Waals surface area (Å²) in [5, 5.41) is 0. The molecule has 2 aliphatic carbocycles. The van der Waals surface area contributed by atoms with E-state index < -0.39 is 0 Å². The number of aryl methyl sites for hydroxylation is 1. The van der Waals surface area contributed by atoms with Crippen LogP contribution in [0.3, 0.4) is 0 Å². The lowest BCUT2D eigenvalue weighted by molar-refractivity contribution is -0.113. The van der Waals surface area contributed by atoms with Gasteiger partial charge in [0.15, 0.2) is 5.78 Å². The molecule has 3 rings (SSSR count). The molecule has 0 spiro atoms. The molecule has 0 saturated carbocycles. The standard InChI is InChI=1S/C25H36O.C6H14/c1-16(19-8-9-20(14-19)18(3)26)12-21-15-23-22(13-17(21)2)24(4,5)10-11-25(23,6)7;1-3-5-6-4-2/h13-16,19H,8-12H2,1-7H3;3-6H2,1-2H3. The first-order valence-electron chi connectivity index (χ1n) is 13.3. The Balaban J connectivity index is 0.000000534. The minimum Gasteiger partial charge on any atom is -0.295 e. The Labute approximate surface area is 199 Å². The summed E-state index contributed by atoms with van der Waals surface area (Å²) in [4.78, 5) is 11.7. The number of allylic oxidation sites excluding steroid dienone is 2. The molecule has 0 heterocycles. The highest BCUT2D eigenvalue weighted by atomic mass is 16.1. The molecule has 32 heavy (non-hydrogen) atoms. The van der Waals surface area contributed by atoms with Gasteiger partial charge in [-0.2, -0.15) is 0 Å². The van der Waals surface area contributed by atoms with E-state index in [1.807, 2.05) is 0 Å². The van der Waals surface area contributed by atoms with Crippen molar-refractivity contribution in [3.8, 4) is 0 Å². The van der Waals surface area contributed by atoms with Crippen LogP contribution in [0.2, 0.25) is 0 Å². The Morgan fingerprint density at radius 2 is 1.53 bits per heavy atom. The molecule has 0 fully saturated rings. The average molecular weight is 439 g/mol. The predicted molar refractivity (Wildman–Crippen MR) is 141 cm³/mol. The zero-order valence-corrected chi connectivity index (χ0v) is 22.7. The first-order chi connectivity index (χ1) is 14.9. The summed E-state index contributed by atoms with van der Waals surface area (Å²) in [7, 11) is 0. The number of unbranched alkanes of at least 4 members (excludes halogenated alkanes) is 3. The zero-order valence-electron chi connectivity index (χ0n) is 22.7. The van der Waals surface area contributed by atoms with Gasteiger partial charge in [-0.15, -0.1) is 0 Å². The molecule has 0 N–H and O–H groups in total. The Morgan fingerprint density at radius 3 is 2.00 bits per heavy atom. The number of benzene rings is 1. The smallest absolute Gasteiger partial charge is 0.155 e. The maximum Gasteiger partial charge on any atom is 0.155 e. The Bertz CT molecular complexity index is 804. The minimum absolute atomic E-state index is 0.258. The van der Waals surface area contributed by atoms with Crippen molar-refractivity contribution in [2.45, 2.75) is 131 Å². The van der Waals surface area contributed by atoms with Crippen molar-refractivity contribution in [1.29, 1.82) is 0 Å². The van der Waals surface area contributed by atoms with E-state index in [-0.39, 0.29) is 16.6 Å². The fraction of sp³-hybridized carbons (Fsp3) is 0.710. The Morgan fingerprint density at radius 1 is 1.00 bits per heavy atom. The SMILES string of the molecule is CC(=O)C1=CC(C(C)Cc2cc3c(cc2C)C(C)(C)CCC3(C)C)CC1.CCCCCC. The van der Waals surface area contributed by atoms with E-state index >= 15 is 0 Å². The summed E-state index contributed by atoms with van der Waals surface area (Å²) >= 11 is 0. The van der Waals surface area contributed by atoms with Gasteiger partial charge in [0.05, 0.1) is 0 Å². The van der Waals surface area contributed by atoms with Crippen molar-refractivity contribution in [1.82, 2.24) is 0 Å². The second-order valence-electron chi connectivity index (χ2n) is 11.9. The van der Waals surface area contributed by atoms with Crippen molar-refractivity contribution < 1.29 is 4.79 Å². The molecule has 0 aliphatic heterocycles. The first-order valence-corrected chi connectivity index (χ1v) is 13.3. The van der Waals surface area contributed by atoms with E-state index in [1.54, 1.807) is 18.1 Å². The second-order valence-corrected chi connectivity index (χ2v) is 11.9. The molecule has 2 unspecified atom stereocenters. The van der Waals surface area contributed by atoms with Crippen LogP contribution in [0.5, 0.6) is 0 Å². The number of ketones is 1. The van der Waals surface area contributed by atoms with Gasteiger partial charge in [0, 0.05) is 0 Å². The van der Waals surface area contributed by atoms with Crippen LogP contribution in [0, 0.1) is 18.8 Å². The van der Waals surface area contributed by atoms with Crippen molar-refractivity contribution in [2.75, 3.05) is 0 Å². The highest BCUT2D eigenvalue weighted by Gasteiger charge is 2.37. The van der Waals surface area contributed by atoms with Crippen LogP contribution in [-0.4, -0.2) is 5.78 Å². The van der Waals surface area contributed by atoms with Crippen LogP contribution >= 0.6 is 0 Å². The van der Waals surface area contributed by atoms with E-state index in [1.165, 1.54) is 49.7 Å². The maximum absolute atomic E-state index is 11.7. The molecule has 1 aromatic rings. The van der Waals surface area contributed by atoms with E-state index in [0.29, 0.717) is 11.8 Å². The summed E-state index contributed by atoms with van der Waals surface area (Å²) in [5.41, 5.74) is 7.67. The highest BCUT2D eigenvalue weighted by molar-refractivity contribution is 5.93. The quantitative estimate of drug-likeness (QED) is 0.388. The molecule has 1 nitrogen and oxygen atoms in total. The number of hydrogen-bond acceptors (Lipinski definition) is 1. The van der Waals surface area contributed by atoms with Gasteiger partial charge in [0.1, 0.15) is 0 Å². The van der Waals surface area contributed by atoms with Gasteiger partial charge in [0.25, 0.3) is 0 Å². The third-order valence-electron chi connectivity index (χ3n) is 8.15. The van der Waals surface area contributed by atoms with Crippen LogP contribution in [0.4, 0.5) is 0 Å². The summed E-state index contributed by atoms with van der Waals surface area (Å²) in [6.07, 6.45) is 13.5. The first kappa shape index (κ1) is 26.9. The van der Waals surface area contributed by atoms with E-state index in [2.05, 4.69) is 73.6 Å². The van der Waals surface area contributed by atoms with Crippen molar-refractivity contribution in [3.63, 3.8) is 0 Å². The average Bonchev–Trinajstić information content (AvgIpc) is 3.22. The van der Waals surface area contributed by atoms with Crippen LogP contribution in [0.15, 0.2) is 23.8 Å². The predicted octanol–water partition coefficient (Wildman–Crippen LogP) is 9.03. The molecule has 0 aromatic heterocycles. The lowest BCUT2D eigenvalue weighted by atomic mass is 9.62. The Kier molecular flexibility index (Phi) is 9.38. The number of Topliss-reactive ketones (excluding diaryl/α,β-unsaturated/α-hetero) is 1. The number of carbonyl (C=O) groups is 1. The fourth-order valence-corrected chi connectivity index (χ4v) is 5.47. The van der Waals surface area contributed by atoms with Crippen LogP contribution in [0.25, 0.3) is 0 Å². The summed E-state index contributed by atoms with van der Waals surface area (Å²) in [5.74, 6) is 1.39. The fourth-order valence-electron chi connectivity index (χ4n) is 5.47. The monoisotopic (exact) mass is 438 g/mol. The van der Waals surface area contributed by atoms with E-state index in [4.69, 9.17) is 0 Å². The van der Waals surface area contributed by atoms with Gasteiger partial charge in [-0.25, -0.2) is 0 Å². The van der Waals surface area contributed by atoms with Crippen LogP contribution < -0.4 is 0 Å².